The maximum Gasteiger partial charge on any atom is 0.133 e. The van der Waals surface area contributed by atoms with Gasteiger partial charge in [0.05, 0.1) is 7.11 Å². The molecule has 1 N–H and O–H groups in total. The Morgan fingerprint density at radius 3 is 2.94 bits per heavy atom. The molecule has 0 bridgehead atoms. The van der Waals surface area contributed by atoms with E-state index < -0.39 is 10.8 Å². The minimum Gasteiger partial charge on any atom is -0.497 e. The summed E-state index contributed by atoms with van der Waals surface area (Å²) in [5, 5.41) is 5.33. The monoisotopic (exact) mass is 264 g/mol. The number of methoxy groups -OCH3 is 1. The second-order valence-electron chi connectivity index (χ2n) is 3.95. The molecule has 4 nitrogen and oxygen atoms in total. The molecule has 2 rings (SSSR count). The summed E-state index contributed by atoms with van der Waals surface area (Å²) in [5.41, 5.74) is 0. The molecule has 1 aromatic heterocycles. The van der Waals surface area contributed by atoms with E-state index in [0.717, 1.165) is 22.3 Å². The lowest BCUT2D eigenvalue weighted by atomic mass is 10.1. The molecule has 0 saturated heterocycles. The van der Waals surface area contributed by atoms with Crippen molar-refractivity contribution in [3.63, 3.8) is 0 Å². The predicted octanol–water partition coefficient (Wildman–Crippen LogP) is 2.03. The van der Waals surface area contributed by atoms with Gasteiger partial charge in [-0.2, -0.15) is 0 Å². The van der Waals surface area contributed by atoms with E-state index in [1.807, 2.05) is 24.3 Å². The highest BCUT2D eigenvalue weighted by Gasteiger charge is 2.03. The van der Waals surface area contributed by atoms with Gasteiger partial charge in [-0.3, -0.25) is 4.21 Å². The number of nitrogens with zero attached hydrogens (tertiary/aromatic N) is 1. The first-order valence-corrected chi connectivity index (χ1v) is 7.40. The fraction of sp³-hybridized carbons (Fsp3) is 0.308. The van der Waals surface area contributed by atoms with Crippen LogP contribution in [0, 0.1) is 0 Å². The Kier molecular flexibility index (Phi) is 4.15. The van der Waals surface area contributed by atoms with Crippen LogP contribution in [0.15, 0.2) is 30.5 Å². The smallest absolute Gasteiger partial charge is 0.133 e. The molecule has 0 aliphatic heterocycles. The van der Waals surface area contributed by atoms with Crippen LogP contribution in [0.4, 0.5) is 5.82 Å². The summed E-state index contributed by atoms with van der Waals surface area (Å²) in [6, 6.07) is 7.83. The first-order chi connectivity index (χ1) is 8.70. The summed E-state index contributed by atoms with van der Waals surface area (Å²) in [4.78, 5) is 4.31. The summed E-state index contributed by atoms with van der Waals surface area (Å²) in [6.07, 6.45) is 3.46. The van der Waals surface area contributed by atoms with Gasteiger partial charge in [0.15, 0.2) is 0 Å². The fourth-order valence-electron chi connectivity index (χ4n) is 1.73. The predicted molar refractivity (Wildman–Crippen MR) is 75.7 cm³/mol. The van der Waals surface area contributed by atoms with Gasteiger partial charge in [-0.05, 0) is 23.6 Å². The van der Waals surface area contributed by atoms with Crippen LogP contribution >= 0.6 is 0 Å². The van der Waals surface area contributed by atoms with Crippen molar-refractivity contribution in [3.05, 3.63) is 30.5 Å². The van der Waals surface area contributed by atoms with E-state index in [9.17, 15) is 4.21 Å². The summed E-state index contributed by atoms with van der Waals surface area (Å²) in [7, 11) is 0.850. The van der Waals surface area contributed by atoms with E-state index in [-0.39, 0.29) is 0 Å². The molecule has 18 heavy (non-hydrogen) atoms. The Labute approximate surface area is 109 Å². The van der Waals surface area contributed by atoms with Crippen LogP contribution < -0.4 is 10.1 Å². The summed E-state index contributed by atoms with van der Waals surface area (Å²) in [5.74, 6) is 2.22. The zero-order valence-corrected chi connectivity index (χ0v) is 11.3. The van der Waals surface area contributed by atoms with Crippen molar-refractivity contribution in [2.24, 2.45) is 0 Å². The lowest BCUT2D eigenvalue weighted by Gasteiger charge is -2.09. The molecule has 0 aliphatic carbocycles. The third kappa shape index (κ3) is 2.98. The minimum atomic E-state index is -0.794. The highest BCUT2D eigenvalue weighted by atomic mass is 32.2. The lowest BCUT2D eigenvalue weighted by molar-refractivity contribution is 0.415. The Hall–Kier alpha value is -1.62. The number of anilines is 1. The first-order valence-electron chi connectivity index (χ1n) is 5.67. The van der Waals surface area contributed by atoms with Crippen LogP contribution in [-0.4, -0.2) is 34.9 Å². The molecular weight excluding hydrogens is 248 g/mol. The van der Waals surface area contributed by atoms with Crippen LogP contribution in [-0.2, 0) is 10.8 Å². The normalized spacial score (nSPS) is 12.3. The molecule has 5 heteroatoms. The van der Waals surface area contributed by atoms with Crippen molar-refractivity contribution in [1.29, 1.82) is 0 Å². The number of nitrogens with one attached hydrogen (secondary N) is 1. The summed E-state index contributed by atoms with van der Waals surface area (Å²) in [6.45, 7) is 0.645. The van der Waals surface area contributed by atoms with E-state index in [4.69, 9.17) is 4.74 Å². The molecule has 0 radical (unpaired) electrons. The van der Waals surface area contributed by atoms with Crippen molar-refractivity contribution in [2.75, 3.05) is 31.0 Å². The van der Waals surface area contributed by atoms with Gasteiger partial charge in [-0.1, -0.05) is 6.07 Å². The maximum atomic E-state index is 11.0. The van der Waals surface area contributed by atoms with Crippen molar-refractivity contribution in [1.82, 2.24) is 4.98 Å². The molecule has 96 valence electrons. The first kappa shape index (κ1) is 12.8. The number of hydrogen-bond donors (Lipinski definition) is 1. The third-order valence-corrected chi connectivity index (χ3v) is 3.43. The highest BCUT2D eigenvalue weighted by molar-refractivity contribution is 7.84. The number of rotatable bonds is 5. The van der Waals surface area contributed by atoms with Gasteiger partial charge in [-0.15, -0.1) is 0 Å². The Balaban J connectivity index is 2.28. The number of ether oxygens (including phenoxy) is 1. The van der Waals surface area contributed by atoms with E-state index in [1.54, 1.807) is 19.6 Å². The standard InChI is InChI=1S/C13H16N2O2S/c1-17-11-4-3-10-5-6-14-13(12(10)9-11)15-7-8-18(2)16/h3-6,9H,7-8H2,1-2H3,(H,14,15). The summed E-state index contributed by atoms with van der Waals surface area (Å²) >= 11 is 0. The topological polar surface area (TPSA) is 51.2 Å². The average molecular weight is 264 g/mol. The molecule has 0 aliphatic rings. The molecule has 1 atom stereocenters. The molecule has 0 fully saturated rings. The summed E-state index contributed by atoms with van der Waals surface area (Å²) < 4.78 is 16.2. The van der Waals surface area contributed by atoms with E-state index >= 15 is 0 Å². The van der Waals surface area contributed by atoms with E-state index in [0.29, 0.717) is 12.3 Å². The van der Waals surface area contributed by atoms with Crippen molar-refractivity contribution in [2.45, 2.75) is 0 Å². The molecule has 0 amide bonds. The van der Waals surface area contributed by atoms with Gasteiger partial charge < -0.3 is 10.1 Å². The zero-order valence-electron chi connectivity index (χ0n) is 10.5. The van der Waals surface area contributed by atoms with Gasteiger partial charge in [-0.25, -0.2) is 4.98 Å². The third-order valence-electron chi connectivity index (χ3n) is 2.66. The second kappa shape index (κ2) is 5.82. The molecule has 1 heterocycles. The van der Waals surface area contributed by atoms with E-state index in [1.165, 1.54) is 0 Å². The Morgan fingerprint density at radius 1 is 1.39 bits per heavy atom. The molecule has 1 aromatic carbocycles. The number of hydrogen-bond acceptors (Lipinski definition) is 4. The molecular formula is C13H16N2O2S. The number of pyridine rings is 1. The van der Waals surface area contributed by atoms with Crippen molar-refractivity contribution >= 4 is 27.4 Å². The zero-order chi connectivity index (χ0) is 13.0. The van der Waals surface area contributed by atoms with Crippen molar-refractivity contribution in [3.8, 4) is 5.75 Å². The van der Waals surface area contributed by atoms with Gasteiger partial charge in [0.25, 0.3) is 0 Å². The average Bonchev–Trinajstić information content (AvgIpc) is 2.38. The largest absolute Gasteiger partial charge is 0.497 e. The molecule has 0 saturated carbocycles. The molecule has 2 aromatic rings. The van der Waals surface area contributed by atoms with Crippen LogP contribution in [0.25, 0.3) is 10.8 Å². The van der Waals surface area contributed by atoms with Gasteiger partial charge in [0.1, 0.15) is 11.6 Å². The maximum absolute atomic E-state index is 11.0. The fourth-order valence-corrected chi connectivity index (χ4v) is 2.12. The minimum absolute atomic E-state index is 0.613. The van der Waals surface area contributed by atoms with Crippen molar-refractivity contribution < 1.29 is 8.95 Å². The van der Waals surface area contributed by atoms with Gasteiger partial charge in [0.2, 0.25) is 0 Å². The van der Waals surface area contributed by atoms with E-state index in [2.05, 4.69) is 10.3 Å². The molecule has 0 spiro atoms. The van der Waals surface area contributed by atoms with Crippen LogP contribution in [0.5, 0.6) is 5.75 Å². The lowest BCUT2D eigenvalue weighted by Crippen LogP contribution is -2.10. The Bertz CT molecular complexity index is 572. The van der Waals surface area contributed by atoms with Crippen LogP contribution in [0.3, 0.4) is 0 Å². The number of fused-ring (bicyclic) bond motifs is 1. The number of benzene rings is 1. The number of aromatic nitrogens is 1. The molecule has 1 unspecified atom stereocenters. The van der Waals surface area contributed by atoms with Gasteiger partial charge >= 0.3 is 0 Å². The Morgan fingerprint density at radius 2 is 2.22 bits per heavy atom. The second-order valence-corrected chi connectivity index (χ2v) is 5.51. The van der Waals surface area contributed by atoms with Crippen LogP contribution in [0.1, 0.15) is 0 Å². The van der Waals surface area contributed by atoms with Crippen LogP contribution in [0.2, 0.25) is 0 Å². The SMILES string of the molecule is COc1ccc2ccnc(NCCS(C)=O)c2c1. The van der Waals surface area contributed by atoms with Gasteiger partial charge in [0, 0.05) is 40.9 Å². The quantitative estimate of drug-likeness (QED) is 0.898. The highest BCUT2D eigenvalue weighted by Crippen LogP contribution is 2.25.